The highest BCUT2D eigenvalue weighted by molar-refractivity contribution is 5.93. The van der Waals surface area contributed by atoms with E-state index >= 15 is 0 Å². The van der Waals surface area contributed by atoms with Gasteiger partial charge in [-0.25, -0.2) is 4.79 Å². The Bertz CT molecular complexity index is 515. The summed E-state index contributed by atoms with van der Waals surface area (Å²) in [7, 11) is 0. The fraction of sp³-hybridized carbons (Fsp3) is 0.375. The Kier molecular flexibility index (Phi) is 6.31. The van der Waals surface area contributed by atoms with Crippen LogP contribution in [0, 0.1) is 11.3 Å². The number of hydrogen-bond donors (Lipinski definition) is 1. The van der Waals surface area contributed by atoms with Gasteiger partial charge < -0.3 is 10.1 Å². The Morgan fingerprint density at radius 1 is 1.35 bits per heavy atom. The van der Waals surface area contributed by atoms with E-state index < -0.39 is 5.97 Å². The predicted molar refractivity (Wildman–Crippen MR) is 77.6 cm³/mol. The lowest BCUT2D eigenvalue weighted by molar-refractivity contribution is -0.138. The van der Waals surface area contributed by atoms with E-state index in [4.69, 9.17) is 10.00 Å². The molecule has 0 bridgehead atoms. The topological polar surface area (TPSA) is 62.1 Å². The van der Waals surface area contributed by atoms with Crippen LogP contribution in [0.25, 0.3) is 0 Å². The SMILES string of the molecule is CCOC(=O)/C(C#N)=C(\CC)N[C@@H](C)c1ccccc1. The molecular formula is C16H20N2O2. The smallest absolute Gasteiger partial charge is 0.350 e. The fourth-order valence-electron chi connectivity index (χ4n) is 1.88. The second-order valence-electron chi connectivity index (χ2n) is 4.32. The number of nitrogens with zero attached hydrogens (tertiary/aromatic N) is 1. The lowest BCUT2D eigenvalue weighted by Gasteiger charge is -2.18. The molecule has 0 aliphatic rings. The first kappa shape index (κ1) is 15.8. The number of nitrogens with one attached hydrogen (secondary N) is 1. The molecule has 0 heterocycles. The van der Waals surface area contributed by atoms with E-state index in [0.29, 0.717) is 12.1 Å². The predicted octanol–water partition coefficient (Wildman–Crippen LogP) is 3.09. The Morgan fingerprint density at radius 3 is 2.50 bits per heavy atom. The number of esters is 1. The minimum Gasteiger partial charge on any atom is -0.462 e. The van der Waals surface area contributed by atoms with Crippen molar-refractivity contribution < 1.29 is 9.53 Å². The summed E-state index contributed by atoms with van der Waals surface area (Å²) < 4.78 is 4.91. The Labute approximate surface area is 120 Å². The number of ether oxygens (including phenoxy) is 1. The number of benzene rings is 1. The van der Waals surface area contributed by atoms with Crippen LogP contribution in [0.5, 0.6) is 0 Å². The molecule has 1 rings (SSSR count). The van der Waals surface area contributed by atoms with Crippen LogP contribution >= 0.6 is 0 Å². The first-order valence-corrected chi connectivity index (χ1v) is 6.75. The Morgan fingerprint density at radius 2 is 2.00 bits per heavy atom. The van der Waals surface area contributed by atoms with E-state index in [1.54, 1.807) is 6.92 Å². The number of rotatable bonds is 6. The molecule has 0 spiro atoms. The zero-order valence-electron chi connectivity index (χ0n) is 12.1. The summed E-state index contributed by atoms with van der Waals surface area (Å²) in [6.07, 6.45) is 0.568. The molecule has 106 valence electrons. The molecule has 4 nitrogen and oxygen atoms in total. The third kappa shape index (κ3) is 4.13. The Balaban J connectivity index is 2.95. The minimum absolute atomic E-state index is 0.0175. The normalized spacial score (nSPS) is 12.9. The molecule has 1 aromatic carbocycles. The van der Waals surface area contributed by atoms with Crippen LogP contribution in [0.15, 0.2) is 41.6 Å². The van der Waals surface area contributed by atoms with Gasteiger partial charge in [0.2, 0.25) is 0 Å². The maximum atomic E-state index is 11.8. The summed E-state index contributed by atoms with van der Waals surface area (Å²) in [5.74, 6) is -0.570. The van der Waals surface area contributed by atoms with Crippen molar-refractivity contribution in [1.82, 2.24) is 5.32 Å². The summed E-state index contributed by atoms with van der Waals surface area (Å²) in [4.78, 5) is 11.8. The summed E-state index contributed by atoms with van der Waals surface area (Å²) in [6.45, 7) is 5.87. The number of nitriles is 1. The van der Waals surface area contributed by atoms with Crippen LogP contribution in [0.1, 0.15) is 38.8 Å². The van der Waals surface area contributed by atoms with Gasteiger partial charge in [-0.15, -0.1) is 0 Å². The first-order chi connectivity index (χ1) is 9.63. The molecule has 0 unspecified atom stereocenters. The highest BCUT2D eigenvalue weighted by Crippen LogP contribution is 2.16. The van der Waals surface area contributed by atoms with E-state index in [0.717, 1.165) is 5.56 Å². The average molecular weight is 272 g/mol. The molecule has 0 saturated heterocycles. The van der Waals surface area contributed by atoms with E-state index in [-0.39, 0.29) is 18.2 Å². The molecule has 0 amide bonds. The molecular weight excluding hydrogens is 252 g/mol. The van der Waals surface area contributed by atoms with Crippen LogP contribution in [0.3, 0.4) is 0 Å². The van der Waals surface area contributed by atoms with Gasteiger partial charge in [-0.3, -0.25) is 0 Å². The van der Waals surface area contributed by atoms with Crippen molar-refractivity contribution >= 4 is 5.97 Å². The van der Waals surface area contributed by atoms with Gasteiger partial charge in [0.15, 0.2) is 5.57 Å². The lowest BCUT2D eigenvalue weighted by atomic mass is 10.1. The third-order valence-corrected chi connectivity index (χ3v) is 2.94. The zero-order valence-corrected chi connectivity index (χ0v) is 12.1. The zero-order chi connectivity index (χ0) is 15.0. The quantitative estimate of drug-likeness (QED) is 0.491. The average Bonchev–Trinajstić information content (AvgIpc) is 2.48. The Hall–Kier alpha value is -2.28. The monoisotopic (exact) mass is 272 g/mol. The van der Waals surface area contributed by atoms with Gasteiger partial charge in [-0.05, 0) is 25.8 Å². The molecule has 0 fully saturated rings. The van der Waals surface area contributed by atoms with Gasteiger partial charge >= 0.3 is 5.97 Å². The second kappa shape index (κ2) is 8.00. The van der Waals surface area contributed by atoms with Crippen molar-refractivity contribution in [3.63, 3.8) is 0 Å². The van der Waals surface area contributed by atoms with Crippen LogP contribution < -0.4 is 5.32 Å². The second-order valence-corrected chi connectivity index (χ2v) is 4.32. The number of allylic oxidation sites excluding steroid dienone is 1. The van der Waals surface area contributed by atoms with E-state index in [1.165, 1.54) is 0 Å². The molecule has 0 radical (unpaired) electrons. The van der Waals surface area contributed by atoms with Crippen molar-refractivity contribution in [1.29, 1.82) is 5.26 Å². The van der Waals surface area contributed by atoms with Crippen molar-refractivity contribution in [3.05, 3.63) is 47.2 Å². The highest BCUT2D eigenvalue weighted by atomic mass is 16.5. The molecule has 0 aliphatic heterocycles. The lowest BCUT2D eigenvalue weighted by Crippen LogP contribution is -2.22. The van der Waals surface area contributed by atoms with Crippen LogP contribution in [-0.4, -0.2) is 12.6 Å². The van der Waals surface area contributed by atoms with E-state index in [2.05, 4.69) is 5.32 Å². The van der Waals surface area contributed by atoms with E-state index in [9.17, 15) is 4.79 Å². The van der Waals surface area contributed by atoms with Crippen LogP contribution in [0.4, 0.5) is 0 Å². The van der Waals surface area contributed by atoms with Gasteiger partial charge in [0.1, 0.15) is 6.07 Å². The summed E-state index contributed by atoms with van der Waals surface area (Å²) in [6, 6.07) is 11.8. The van der Waals surface area contributed by atoms with Gasteiger partial charge in [0.05, 0.1) is 6.61 Å². The summed E-state index contributed by atoms with van der Waals surface area (Å²) >= 11 is 0. The molecule has 20 heavy (non-hydrogen) atoms. The van der Waals surface area contributed by atoms with Crippen molar-refractivity contribution in [2.45, 2.75) is 33.2 Å². The fourth-order valence-corrected chi connectivity index (χ4v) is 1.88. The van der Waals surface area contributed by atoms with Crippen molar-refractivity contribution in [3.8, 4) is 6.07 Å². The maximum absolute atomic E-state index is 11.8. The highest BCUT2D eigenvalue weighted by Gasteiger charge is 2.17. The standard InChI is InChI=1S/C16H20N2O2/c1-4-15(14(11-17)16(19)20-5-2)18-12(3)13-9-7-6-8-10-13/h6-10,12,18H,4-5H2,1-3H3/b15-14+/t12-/m0/s1. The van der Waals surface area contributed by atoms with Crippen molar-refractivity contribution in [2.24, 2.45) is 0 Å². The largest absolute Gasteiger partial charge is 0.462 e. The molecule has 1 atom stereocenters. The number of carbonyl (C=O) groups excluding carboxylic acids is 1. The van der Waals surface area contributed by atoms with E-state index in [1.807, 2.05) is 50.2 Å². The summed E-state index contributed by atoms with van der Waals surface area (Å²) in [5, 5.41) is 12.4. The number of hydrogen-bond acceptors (Lipinski definition) is 4. The van der Waals surface area contributed by atoms with Crippen molar-refractivity contribution in [2.75, 3.05) is 6.61 Å². The van der Waals surface area contributed by atoms with Crippen LogP contribution in [-0.2, 0) is 9.53 Å². The van der Waals surface area contributed by atoms with Gasteiger partial charge in [-0.1, -0.05) is 37.3 Å². The van der Waals surface area contributed by atoms with Gasteiger partial charge in [0.25, 0.3) is 0 Å². The molecule has 4 heteroatoms. The molecule has 0 saturated carbocycles. The maximum Gasteiger partial charge on any atom is 0.350 e. The first-order valence-electron chi connectivity index (χ1n) is 6.75. The van der Waals surface area contributed by atoms with Crippen LogP contribution in [0.2, 0.25) is 0 Å². The van der Waals surface area contributed by atoms with Gasteiger partial charge in [0, 0.05) is 11.7 Å². The third-order valence-electron chi connectivity index (χ3n) is 2.94. The number of carbonyl (C=O) groups is 1. The molecule has 0 aromatic heterocycles. The molecule has 1 aromatic rings. The minimum atomic E-state index is -0.570. The molecule has 1 N–H and O–H groups in total. The van der Waals surface area contributed by atoms with Gasteiger partial charge in [-0.2, -0.15) is 5.26 Å². The molecule has 0 aliphatic carbocycles. The summed E-state index contributed by atoms with van der Waals surface area (Å²) in [5.41, 5.74) is 1.76.